The van der Waals surface area contributed by atoms with E-state index in [1.165, 1.54) is 23.1 Å². The molecule has 5 atom stereocenters. The third-order valence-electron chi connectivity index (χ3n) is 7.04. The second-order valence-electron chi connectivity index (χ2n) is 8.84. The van der Waals surface area contributed by atoms with E-state index >= 15 is 0 Å². The molecule has 1 saturated heterocycles. The summed E-state index contributed by atoms with van der Waals surface area (Å²) in [6, 6.07) is 14.1. The van der Waals surface area contributed by atoms with Crippen molar-refractivity contribution in [3.63, 3.8) is 0 Å². The fraction of sp³-hybridized carbons (Fsp3) is 0.320. The van der Waals surface area contributed by atoms with Gasteiger partial charge < -0.3 is 5.32 Å². The number of hydrogen-bond donors (Lipinski definition) is 1. The number of amides is 3. The lowest BCUT2D eigenvalue weighted by atomic mass is 9.63. The minimum atomic E-state index is -0.779. The smallest absolute Gasteiger partial charge is 0.292 e. The molecule has 2 aromatic carbocycles. The summed E-state index contributed by atoms with van der Waals surface area (Å²) < 4.78 is 0. The number of para-hydroxylation sites is 2. The summed E-state index contributed by atoms with van der Waals surface area (Å²) in [5.74, 6) is -1.59. The number of carbonyl (C=O) groups excluding carboxylic acids is 3. The monoisotopic (exact) mass is 445 g/mol. The first-order chi connectivity index (χ1) is 16.0. The molecule has 1 heterocycles. The number of hydrogen-bond acceptors (Lipinski definition) is 5. The van der Waals surface area contributed by atoms with Crippen molar-refractivity contribution < 1.29 is 19.3 Å². The van der Waals surface area contributed by atoms with E-state index in [0.29, 0.717) is 5.56 Å². The number of rotatable bonds is 6. The Hall–Kier alpha value is -3.81. The van der Waals surface area contributed by atoms with Crippen LogP contribution in [-0.4, -0.2) is 27.5 Å². The van der Waals surface area contributed by atoms with Crippen molar-refractivity contribution >= 4 is 29.1 Å². The van der Waals surface area contributed by atoms with Crippen LogP contribution in [0.5, 0.6) is 0 Å². The lowest BCUT2D eigenvalue weighted by Gasteiger charge is -2.38. The van der Waals surface area contributed by atoms with Gasteiger partial charge in [-0.2, -0.15) is 0 Å². The highest BCUT2D eigenvalue weighted by atomic mass is 16.6. The van der Waals surface area contributed by atoms with Gasteiger partial charge in [-0.1, -0.05) is 54.6 Å². The van der Waals surface area contributed by atoms with Gasteiger partial charge in [0.05, 0.1) is 29.2 Å². The number of nitrogens with zero attached hydrogens (tertiary/aromatic N) is 2. The van der Waals surface area contributed by atoms with Crippen LogP contribution in [0.4, 0.5) is 11.4 Å². The molecule has 8 heteroatoms. The molecule has 6 rings (SSSR count). The van der Waals surface area contributed by atoms with Crippen molar-refractivity contribution in [1.29, 1.82) is 0 Å². The van der Waals surface area contributed by atoms with Crippen molar-refractivity contribution in [2.45, 2.75) is 25.3 Å². The van der Waals surface area contributed by atoms with Crippen LogP contribution in [-0.2, 0) is 14.4 Å². The standard InChI is InChI=1S/C25H23N3O5/c29-21(26-18-8-4-5-9-19(18)28(32)33)14-20(15-6-2-1-3-7-15)27-24(30)22-16-10-11-17(13-12-16)23(22)25(27)31/h1-11,16-17,20,22-23H,12-14H2,(H,26,29). The number of imide groups is 1. The predicted octanol–water partition coefficient (Wildman–Crippen LogP) is 3.86. The zero-order valence-corrected chi connectivity index (χ0v) is 17.8. The van der Waals surface area contributed by atoms with Crippen molar-refractivity contribution in [3.8, 4) is 0 Å². The molecule has 0 radical (unpaired) electrons. The summed E-state index contributed by atoms with van der Waals surface area (Å²) >= 11 is 0. The molecule has 8 nitrogen and oxygen atoms in total. The van der Waals surface area contributed by atoms with Crippen LogP contribution in [0.3, 0.4) is 0 Å². The Morgan fingerprint density at radius 2 is 1.55 bits per heavy atom. The average Bonchev–Trinajstić information content (AvgIpc) is 3.11. The van der Waals surface area contributed by atoms with E-state index in [1.54, 1.807) is 30.3 Å². The van der Waals surface area contributed by atoms with Gasteiger partial charge in [0.15, 0.2) is 0 Å². The number of allylic oxidation sites excluding steroid dienone is 2. The summed E-state index contributed by atoms with van der Waals surface area (Å²) in [6.45, 7) is 0. The molecule has 1 N–H and O–H groups in total. The molecule has 5 unspecified atom stereocenters. The van der Waals surface area contributed by atoms with Gasteiger partial charge in [-0.05, 0) is 36.3 Å². The maximum Gasteiger partial charge on any atom is 0.292 e. The third-order valence-corrected chi connectivity index (χ3v) is 7.04. The molecule has 0 aromatic heterocycles. The van der Waals surface area contributed by atoms with E-state index < -0.39 is 16.9 Å². The lowest BCUT2D eigenvalue weighted by Crippen LogP contribution is -2.38. The van der Waals surface area contributed by atoms with Crippen LogP contribution in [0, 0.1) is 33.8 Å². The van der Waals surface area contributed by atoms with Crippen molar-refractivity contribution in [2.24, 2.45) is 23.7 Å². The van der Waals surface area contributed by atoms with E-state index in [4.69, 9.17) is 0 Å². The van der Waals surface area contributed by atoms with Crippen LogP contribution < -0.4 is 5.32 Å². The van der Waals surface area contributed by atoms with Gasteiger partial charge >= 0.3 is 0 Å². The van der Waals surface area contributed by atoms with E-state index in [-0.39, 0.29) is 53.3 Å². The molecular weight excluding hydrogens is 422 g/mol. The lowest BCUT2D eigenvalue weighted by molar-refractivity contribution is -0.383. The largest absolute Gasteiger partial charge is 0.320 e. The molecular formula is C25H23N3O5. The third kappa shape index (κ3) is 3.61. The number of likely N-dealkylation sites (tertiary alicyclic amines) is 1. The maximum absolute atomic E-state index is 13.5. The second kappa shape index (κ2) is 8.27. The van der Waals surface area contributed by atoms with Gasteiger partial charge in [0, 0.05) is 6.07 Å². The number of nitrogens with one attached hydrogen (secondary N) is 1. The van der Waals surface area contributed by atoms with Gasteiger partial charge in [-0.25, -0.2) is 0 Å². The molecule has 2 fully saturated rings. The van der Waals surface area contributed by atoms with Gasteiger partial charge in [0.2, 0.25) is 17.7 Å². The molecule has 3 aliphatic carbocycles. The number of fused-ring (bicyclic) bond motifs is 1. The Balaban J connectivity index is 1.45. The first kappa shape index (κ1) is 21.1. The molecule has 168 valence electrons. The molecule has 2 bridgehead atoms. The molecule has 3 amide bonds. The SMILES string of the molecule is O=C(CC(c1ccccc1)N1C(=O)C2C3C=CC(CC3)C2C1=O)Nc1ccccc1[N+](=O)[O-]. The van der Waals surface area contributed by atoms with Crippen molar-refractivity contribution in [1.82, 2.24) is 4.90 Å². The van der Waals surface area contributed by atoms with Gasteiger partial charge in [-0.3, -0.25) is 29.4 Å². The van der Waals surface area contributed by atoms with E-state index in [2.05, 4.69) is 17.5 Å². The summed E-state index contributed by atoms with van der Waals surface area (Å²) in [4.78, 5) is 52.0. The number of anilines is 1. The summed E-state index contributed by atoms with van der Waals surface area (Å²) in [5, 5.41) is 13.9. The molecule has 2 aromatic rings. The first-order valence-corrected chi connectivity index (χ1v) is 11.1. The van der Waals surface area contributed by atoms with E-state index in [1.807, 2.05) is 6.07 Å². The first-order valence-electron chi connectivity index (χ1n) is 11.1. The minimum Gasteiger partial charge on any atom is -0.320 e. The Morgan fingerprint density at radius 1 is 0.970 bits per heavy atom. The topological polar surface area (TPSA) is 110 Å². The number of nitro benzene ring substituents is 1. The molecule has 0 spiro atoms. The van der Waals surface area contributed by atoms with E-state index in [0.717, 1.165) is 12.8 Å². The Labute approximate surface area is 190 Å². The minimum absolute atomic E-state index is 0.0543. The van der Waals surface area contributed by atoms with Crippen LogP contribution >= 0.6 is 0 Å². The normalized spacial score (nSPS) is 26.2. The highest BCUT2D eigenvalue weighted by Crippen LogP contribution is 2.51. The van der Waals surface area contributed by atoms with Crippen LogP contribution in [0.1, 0.15) is 30.9 Å². The van der Waals surface area contributed by atoms with Gasteiger partial charge in [0.25, 0.3) is 5.69 Å². The van der Waals surface area contributed by atoms with Gasteiger partial charge in [-0.15, -0.1) is 0 Å². The van der Waals surface area contributed by atoms with Crippen molar-refractivity contribution in [2.75, 3.05) is 5.32 Å². The van der Waals surface area contributed by atoms with E-state index in [9.17, 15) is 24.5 Å². The fourth-order valence-electron chi connectivity index (χ4n) is 5.55. The second-order valence-corrected chi connectivity index (χ2v) is 8.84. The number of benzene rings is 2. The average molecular weight is 445 g/mol. The highest BCUT2D eigenvalue weighted by molar-refractivity contribution is 6.07. The zero-order chi connectivity index (χ0) is 23.1. The summed E-state index contributed by atoms with van der Waals surface area (Å²) in [5.41, 5.74) is 0.536. The predicted molar refractivity (Wildman–Crippen MR) is 120 cm³/mol. The molecule has 4 aliphatic rings. The van der Waals surface area contributed by atoms with Gasteiger partial charge in [0.1, 0.15) is 5.69 Å². The quantitative estimate of drug-likeness (QED) is 0.314. The van der Waals surface area contributed by atoms with Crippen molar-refractivity contribution in [3.05, 3.63) is 82.4 Å². The highest BCUT2D eigenvalue weighted by Gasteiger charge is 2.58. The summed E-state index contributed by atoms with van der Waals surface area (Å²) in [7, 11) is 0. The number of nitro groups is 1. The molecule has 33 heavy (non-hydrogen) atoms. The molecule has 1 saturated carbocycles. The van der Waals surface area contributed by atoms with Crippen LogP contribution in [0.25, 0.3) is 0 Å². The Bertz CT molecular complexity index is 1130. The van der Waals surface area contributed by atoms with Crippen LogP contribution in [0.15, 0.2) is 66.7 Å². The Morgan fingerprint density at radius 3 is 2.12 bits per heavy atom. The number of carbonyl (C=O) groups is 3. The fourth-order valence-corrected chi connectivity index (χ4v) is 5.55. The molecule has 1 aliphatic heterocycles. The maximum atomic E-state index is 13.5. The van der Waals surface area contributed by atoms with Crippen LogP contribution in [0.2, 0.25) is 0 Å². The Kier molecular flexibility index (Phi) is 5.28. The summed E-state index contributed by atoms with van der Waals surface area (Å²) in [6.07, 6.45) is 5.72. The zero-order valence-electron chi connectivity index (χ0n) is 17.8.